The minimum Gasteiger partial charge on any atom is -0.504 e. The van der Waals surface area contributed by atoms with Crippen LogP contribution in [0.3, 0.4) is 0 Å². The van der Waals surface area contributed by atoms with Gasteiger partial charge < -0.3 is 46.5 Å². The molecule has 10 atom stereocenters. The van der Waals surface area contributed by atoms with Gasteiger partial charge in [0, 0.05) is 56.2 Å². The van der Waals surface area contributed by atoms with Gasteiger partial charge in [-0.3, -0.25) is 9.59 Å². The van der Waals surface area contributed by atoms with E-state index < -0.39 is 47.6 Å². The third-order valence-electron chi connectivity index (χ3n) is 13.1. The molecule has 1 fully saturated rings. The van der Waals surface area contributed by atoms with E-state index in [1.165, 1.54) is 7.11 Å². The van der Waals surface area contributed by atoms with Gasteiger partial charge in [-0.2, -0.15) is 0 Å². The Hall–Kier alpha value is -4.86. The maximum Gasteiger partial charge on any atom is 0.173 e. The van der Waals surface area contributed by atoms with Gasteiger partial charge in [0.2, 0.25) is 0 Å². The molecule has 2 aliphatic carbocycles. The number of phenols is 1. The Morgan fingerprint density at radius 3 is 2.52 bits per heavy atom. The number of hydrogen-bond donors (Lipinski definition) is 8. The van der Waals surface area contributed by atoms with Gasteiger partial charge in [-0.05, 0) is 121 Å². The number of aromatic nitrogens is 1. The first-order chi connectivity index (χ1) is 29.3. The zero-order valence-electron chi connectivity index (χ0n) is 36.2. The second-order valence-electron chi connectivity index (χ2n) is 17.7. The molecule has 3 aromatic rings. The van der Waals surface area contributed by atoms with Crippen LogP contribution >= 0.6 is 0 Å². The lowest BCUT2D eigenvalue weighted by molar-refractivity contribution is -0.142. The number of allylic oxidation sites excluding steroid dienone is 2. The number of Topliss-reactive ketones (excluding diaryl/α,β-unsaturated/α-hetero) is 2. The highest BCUT2D eigenvalue weighted by molar-refractivity contribution is 6.06. The van der Waals surface area contributed by atoms with Crippen molar-refractivity contribution in [3.05, 3.63) is 106 Å². The number of carbonyl (C=O) groups excluding carboxylic acids is 2. The van der Waals surface area contributed by atoms with Gasteiger partial charge in [0.05, 0.1) is 31.1 Å². The lowest BCUT2D eigenvalue weighted by atomic mass is 9.73. The molecule has 1 saturated carbocycles. The molecule has 1 aromatic heterocycles. The molecule has 6 rings (SSSR count). The summed E-state index contributed by atoms with van der Waals surface area (Å²) < 4.78 is 5.46. The lowest BCUT2D eigenvalue weighted by Gasteiger charge is -2.33. The van der Waals surface area contributed by atoms with E-state index in [4.69, 9.17) is 10.5 Å². The van der Waals surface area contributed by atoms with Crippen molar-refractivity contribution in [3.63, 3.8) is 0 Å². The average Bonchev–Trinajstić information content (AvgIpc) is 3.63. The molecule has 61 heavy (non-hydrogen) atoms. The van der Waals surface area contributed by atoms with Crippen LogP contribution in [0.2, 0.25) is 0 Å². The molecule has 11 nitrogen and oxygen atoms in total. The number of aromatic amines is 1. The predicted molar refractivity (Wildman–Crippen MR) is 238 cm³/mol. The van der Waals surface area contributed by atoms with Gasteiger partial charge in [0.15, 0.2) is 29.2 Å². The Bertz CT molecular complexity index is 2080. The van der Waals surface area contributed by atoms with E-state index in [1.807, 2.05) is 42.6 Å². The number of dihydropyridines is 1. The van der Waals surface area contributed by atoms with Gasteiger partial charge >= 0.3 is 0 Å². The summed E-state index contributed by atoms with van der Waals surface area (Å²) in [6.45, 7) is 7.85. The topological polar surface area (TPSA) is 190 Å². The molecule has 2 heterocycles. The fourth-order valence-electron chi connectivity index (χ4n) is 9.86. The minimum atomic E-state index is -1.81. The zero-order valence-corrected chi connectivity index (χ0v) is 36.2. The number of ether oxygens (including phenoxy) is 1. The number of benzene rings is 2. The number of rotatable bonds is 15. The van der Waals surface area contributed by atoms with Crippen molar-refractivity contribution in [2.24, 2.45) is 35.3 Å². The summed E-state index contributed by atoms with van der Waals surface area (Å²) in [5, 5.41) is 51.0. The molecule has 328 valence electrons. The highest BCUT2D eigenvalue weighted by Gasteiger charge is 2.43. The maximum atomic E-state index is 14.7. The number of aliphatic hydroxyl groups is 3. The maximum absolute atomic E-state index is 14.7. The summed E-state index contributed by atoms with van der Waals surface area (Å²) in [6.07, 6.45) is 7.64. The number of hydrogen-bond acceptors (Lipinski definition) is 10. The Morgan fingerprint density at radius 1 is 1.02 bits per heavy atom. The molecule has 0 unspecified atom stereocenters. The number of phenolic OH excluding ortho intramolecular Hbond substituents is 1. The minimum absolute atomic E-state index is 0.0363. The standard InChI is InChI=1S/C50H66N4O7/c1-5-9-41(45(57)25-39-22-38(29-54-39)30(2)27-52-28-31(3)55)37-20-33(18-32-16-17-53-48(51)21-32)19-35-12-14-40(34-10-7-6-8-11-34)42-26-46(58)47(61-4)24-36(42)13-15-44(56)50(60)49(59)43(35)23-37/h6-8,10-11,16,21-22,24,26,29-31,33,35,37,40-41,43,45,50,52-55,57-58,60H,5,9,13,15,17-20,23,25,27-28,51H2,1-4H3/t30-,31+,33-,35-,37-,40-,41+,43+,45-,50+/m1/s1. The first-order valence-electron chi connectivity index (χ1n) is 22.2. The first kappa shape index (κ1) is 45.7. The number of H-pyrrole nitrogens is 1. The van der Waals surface area contributed by atoms with Crippen LogP contribution < -0.4 is 21.1 Å². The van der Waals surface area contributed by atoms with Crippen molar-refractivity contribution < 1.29 is 34.8 Å². The second-order valence-corrected chi connectivity index (χ2v) is 17.7. The van der Waals surface area contributed by atoms with Crippen molar-refractivity contribution in [2.75, 3.05) is 26.7 Å². The average molecular weight is 835 g/mol. The van der Waals surface area contributed by atoms with E-state index in [0.717, 1.165) is 52.8 Å². The molecule has 11 heteroatoms. The fraction of sp³-hybridized carbons (Fsp3) is 0.520. The number of methoxy groups -OCH3 is 1. The van der Waals surface area contributed by atoms with Crippen molar-refractivity contribution in [1.29, 1.82) is 0 Å². The number of carbonyl (C=O) groups is 2. The van der Waals surface area contributed by atoms with Gasteiger partial charge in [0.1, 0.15) is 0 Å². The lowest BCUT2D eigenvalue weighted by Crippen LogP contribution is -2.40. The summed E-state index contributed by atoms with van der Waals surface area (Å²) in [6, 6.07) is 15.3. The molecule has 0 radical (unpaired) electrons. The van der Waals surface area contributed by atoms with Crippen LogP contribution in [0, 0.1) is 41.4 Å². The first-order valence-corrected chi connectivity index (χ1v) is 22.2. The van der Waals surface area contributed by atoms with Crippen LogP contribution in [0.25, 0.3) is 0 Å². The number of fused-ring (bicyclic) bond motifs is 2. The van der Waals surface area contributed by atoms with Crippen molar-refractivity contribution in [1.82, 2.24) is 15.6 Å². The molecular formula is C50H66N4O7. The molecule has 2 aromatic carbocycles. The Kier molecular flexibility index (Phi) is 15.9. The molecule has 0 bridgehead atoms. The zero-order chi connectivity index (χ0) is 43.6. The number of aliphatic hydroxyl groups excluding tert-OH is 3. The number of nitrogens with one attached hydrogen (secondary N) is 3. The normalized spacial score (nSPS) is 25.3. The third kappa shape index (κ3) is 11.7. The monoisotopic (exact) mass is 834 g/mol. The van der Waals surface area contributed by atoms with E-state index in [1.54, 1.807) is 19.1 Å². The van der Waals surface area contributed by atoms with E-state index in [9.17, 15) is 30.0 Å². The molecule has 0 amide bonds. The van der Waals surface area contributed by atoms with Crippen molar-refractivity contribution >= 4 is 11.6 Å². The molecule has 1 aliphatic heterocycles. The van der Waals surface area contributed by atoms with Crippen molar-refractivity contribution in [3.8, 4) is 23.3 Å². The van der Waals surface area contributed by atoms with Crippen LogP contribution in [-0.4, -0.2) is 82.0 Å². The number of ketones is 2. The molecule has 3 aliphatic rings. The Labute approximate surface area is 361 Å². The number of nitrogens with two attached hydrogens (primary N) is 1. The SMILES string of the molecule is CCC[C@@H]([C@@H]1C[C@H](CC2=CCNC(N)=C2)C[C@H]2C#C[C@H](c3ccccc3)c3cc(O)c(OC)cc3CCC(=O)[C@H](O)C(=O)[C@H]2C1)[C@H](O)Cc1cc([C@H](C)CNC[C@H](C)O)c[nH]1. The quantitative estimate of drug-likeness (QED) is 0.0690. The predicted octanol–water partition coefficient (Wildman–Crippen LogP) is 5.77. The van der Waals surface area contributed by atoms with Crippen LogP contribution in [0.5, 0.6) is 11.5 Å². The fourth-order valence-corrected chi connectivity index (χ4v) is 9.86. The van der Waals surface area contributed by atoms with E-state index >= 15 is 0 Å². The summed E-state index contributed by atoms with van der Waals surface area (Å²) >= 11 is 0. The molecule has 0 spiro atoms. The summed E-state index contributed by atoms with van der Waals surface area (Å²) in [5.41, 5.74) is 11.8. The Morgan fingerprint density at radius 2 is 1.80 bits per heavy atom. The van der Waals surface area contributed by atoms with E-state index in [-0.39, 0.29) is 48.0 Å². The summed E-state index contributed by atoms with van der Waals surface area (Å²) in [4.78, 5) is 31.9. The van der Waals surface area contributed by atoms with Gasteiger partial charge in [-0.15, -0.1) is 0 Å². The van der Waals surface area contributed by atoms with Gasteiger partial charge in [-0.1, -0.05) is 68.5 Å². The van der Waals surface area contributed by atoms with E-state index in [2.05, 4.69) is 53.4 Å². The van der Waals surface area contributed by atoms with Gasteiger partial charge in [-0.25, -0.2) is 0 Å². The Balaban J connectivity index is 1.39. The van der Waals surface area contributed by atoms with Gasteiger partial charge in [0.25, 0.3) is 0 Å². The highest BCUT2D eigenvalue weighted by atomic mass is 16.5. The van der Waals surface area contributed by atoms with E-state index in [0.29, 0.717) is 51.1 Å². The molecular weight excluding hydrogens is 769 g/mol. The van der Waals surface area contributed by atoms with Crippen LogP contribution in [0.15, 0.2) is 78.3 Å². The smallest absolute Gasteiger partial charge is 0.173 e. The third-order valence-corrected chi connectivity index (χ3v) is 13.1. The molecule has 9 N–H and O–H groups in total. The van der Waals surface area contributed by atoms with Crippen LogP contribution in [-0.2, 0) is 22.4 Å². The number of aryl methyl sites for hydroxylation is 1. The largest absolute Gasteiger partial charge is 0.504 e. The number of aromatic hydroxyl groups is 1. The van der Waals surface area contributed by atoms with Crippen molar-refractivity contribution in [2.45, 2.75) is 109 Å². The summed E-state index contributed by atoms with van der Waals surface area (Å²) in [7, 11) is 1.47. The molecule has 0 saturated heterocycles. The van der Waals surface area contributed by atoms with Crippen LogP contribution in [0.4, 0.5) is 0 Å². The second kappa shape index (κ2) is 21.3. The highest BCUT2D eigenvalue weighted by Crippen LogP contribution is 2.45. The van der Waals surface area contributed by atoms with Crippen LogP contribution in [0.1, 0.15) is 106 Å². The summed E-state index contributed by atoms with van der Waals surface area (Å²) in [5.74, 6) is 5.23.